The molecule has 7 nitrogen and oxygen atoms in total. The van der Waals surface area contributed by atoms with Crippen LogP contribution in [0.25, 0.3) is 10.9 Å². The van der Waals surface area contributed by atoms with Gasteiger partial charge in [-0.2, -0.15) is 4.31 Å². The molecule has 1 saturated heterocycles. The Hall–Kier alpha value is -2.84. The van der Waals surface area contributed by atoms with Crippen molar-refractivity contribution in [1.29, 1.82) is 0 Å². The van der Waals surface area contributed by atoms with Gasteiger partial charge in [-0.25, -0.2) is 8.42 Å². The summed E-state index contributed by atoms with van der Waals surface area (Å²) in [6.07, 6.45) is 0. The highest BCUT2D eigenvalue weighted by Gasteiger charge is 2.31. The molecule has 0 unspecified atom stereocenters. The topological polar surface area (TPSA) is 82.7 Å². The number of aromatic nitrogens is 1. The van der Waals surface area contributed by atoms with Crippen molar-refractivity contribution >= 4 is 26.8 Å². The Bertz CT molecular complexity index is 1210. The van der Waals surface area contributed by atoms with Crippen LogP contribution >= 0.6 is 0 Å². The molecule has 4 rings (SSSR count). The molecule has 0 atom stereocenters. The zero-order chi connectivity index (χ0) is 21.5. The first-order valence-electron chi connectivity index (χ1n) is 9.83. The van der Waals surface area contributed by atoms with Gasteiger partial charge in [0.05, 0.1) is 12.0 Å². The Balaban J connectivity index is 1.48. The fourth-order valence-corrected chi connectivity index (χ4v) is 5.51. The minimum absolute atomic E-state index is 0.131. The van der Waals surface area contributed by atoms with Crippen LogP contribution in [0.15, 0.2) is 47.4 Å². The fourth-order valence-electron chi connectivity index (χ4n) is 3.88. The molecule has 2 heterocycles. The maximum Gasteiger partial charge on any atom is 0.270 e. The highest BCUT2D eigenvalue weighted by Crippen LogP contribution is 2.24. The molecule has 0 bridgehead atoms. The largest absolute Gasteiger partial charge is 0.497 e. The summed E-state index contributed by atoms with van der Waals surface area (Å²) in [5.74, 6) is 0.585. The van der Waals surface area contributed by atoms with Gasteiger partial charge >= 0.3 is 0 Å². The number of H-pyrrole nitrogens is 1. The summed E-state index contributed by atoms with van der Waals surface area (Å²) in [5.41, 5.74) is 3.08. The summed E-state index contributed by atoms with van der Waals surface area (Å²) in [6.45, 7) is 4.99. The van der Waals surface area contributed by atoms with E-state index in [1.54, 1.807) is 18.1 Å². The summed E-state index contributed by atoms with van der Waals surface area (Å²) in [4.78, 5) is 18.1. The second-order valence-electron chi connectivity index (χ2n) is 7.60. The van der Waals surface area contributed by atoms with Gasteiger partial charge in [-0.3, -0.25) is 4.79 Å². The predicted molar refractivity (Wildman–Crippen MR) is 115 cm³/mol. The van der Waals surface area contributed by atoms with Crippen LogP contribution in [0.5, 0.6) is 5.75 Å². The normalized spacial score (nSPS) is 15.5. The van der Waals surface area contributed by atoms with Crippen LogP contribution in [0.2, 0.25) is 0 Å². The maximum atomic E-state index is 13.0. The summed E-state index contributed by atoms with van der Waals surface area (Å²) >= 11 is 0. The number of benzene rings is 2. The van der Waals surface area contributed by atoms with Crippen LogP contribution in [-0.2, 0) is 10.0 Å². The van der Waals surface area contributed by atoms with Gasteiger partial charge in [0.1, 0.15) is 11.4 Å². The average Bonchev–Trinajstić information content (AvgIpc) is 3.16. The standard InChI is InChI=1S/C22H25N3O4S/c1-15-4-7-21(16(2)12-15)30(27,28)25-10-8-24(9-11-25)22(26)20-13-17-5-6-18(29-3)14-19(17)23-20/h4-7,12-14,23H,8-11H2,1-3H3. The zero-order valence-electron chi connectivity index (χ0n) is 17.3. The molecule has 0 saturated carbocycles. The SMILES string of the molecule is COc1ccc2cc(C(=O)N3CCN(S(=O)(=O)c4ccc(C)cc4C)CC3)[nH]c2c1. The number of amides is 1. The number of ether oxygens (including phenoxy) is 1. The van der Waals surface area contributed by atoms with Gasteiger partial charge < -0.3 is 14.6 Å². The van der Waals surface area contributed by atoms with Crippen molar-refractivity contribution in [3.8, 4) is 5.75 Å². The Labute approximate surface area is 176 Å². The van der Waals surface area contributed by atoms with Gasteiger partial charge in [0.2, 0.25) is 10.0 Å². The number of aryl methyl sites for hydroxylation is 2. The van der Waals surface area contributed by atoms with E-state index < -0.39 is 10.0 Å². The number of nitrogens with zero attached hydrogens (tertiary/aromatic N) is 2. The minimum Gasteiger partial charge on any atom is -0.497 e. The second-order valence-corrected chi connectivity index (χ2v) is 9.51. The lowest BCUT2D eigenvalue weighted by atomic mass is 10.2. The molecule has 3 aromatic rings. The molecule has 30 heavy (non-hydrogen) atoms. The number of carbonyl (C=O) groups excluding carboxylic acids is 1. The summed E-state index contributed by atoms with van der Waals surface area (Å²) in [6, 6.07) is 12.8. The van der Waals surface area contributed by atoms with Crippen molar-refractivity contribution in [2.75, 3.05) is 33.3 Å². The van der Waals surface area contributed by atoms with Crippen molar-refractivity contribution in [2.45, 2.75) is 18.7 Å². The third kappa shape index (κ3) is 3.68. The lowest BCUT2D eigenvalue weighted by Crippen LogP contribution is -2.50. The van der Waals surface area contributed by atoms with E-state index in [0.29, 0.717) is 29.4 Å². The van der Waals surface area contributed by atoms with Crippen molar-refractivity contribution in [3.63, 3.8) is 0 Å². The van der Waals surface area contributed by atoms with Crippen LogP contribution in [-0.4, -0.2) is 61.8 Å². The van der Waals surface area contributed by atoms with E-state index in [1.165, 1.54) is 4.31 Å². The monoisotopic (exact) mass is 427 g/mol. The van der Waals surface area contributed by atoms with Crippen molar-refractivity contribution in [3.05, 3.63) is 59.3 Å². The molecule has 1 aliphatic heterocycles. The number of hydrogen-bond donors (Lipinski definition) is 1. The van der Waals surface area contributed by atoms with Crippen molar-refractivity contribution in [2.24, 2.45) is 0 Å². The number of carbonyl (C=O) groups is 1. The molecular weight excluding hydrogens is 402 g/mol. The highest BCUT2D eigenvalue weighted by molar-refractivity contribution is 7.89. The number of nitrogens with one attached hydrogen (secondary N) is 1. The second kappa shape index (κ2) is 7.77. The molecule has 1 N–H and O–H groups in total. The zero-order valence-corrected chi connectivity index (χ0v) is 18.1. The van der Waals surface area contributed by atoms with E-state index in [4.69, 9.17) is 4.74 Å². The van der Waals surface area contributed by atoms with E-state index in [9.17, 15) is 13.2 Å². The van der Waals surface area contributed by atoms with Gasteiger partial charge in [-0.05, 0) is 43.7 Å². The predicted octanol–water partition coefficient (Wildman–Crippen LogP) is 2.94. The number of rotatable bonds is 4. The Morgan fingerprint density at radius 2 is 1.73 bits per heavy atom. The van der Waals surface area contributed by atoms with Crippen molar-refractivity contribution in [1.82, 2.24) is 14.2 Å². The van der Waals surface area contributed by atoms with E-state index in [0.717, 1.165) is 22.0 Å². The number of piperazine rings is 1. The molecule has 1 aliphatic rings. The number of fused-ring (bicyclic) bond motifs is 1. The van der Waals surface area contributed by atoms with Gasteiger partial charge in [0.25, 0.3) is 5.91 Å². The number of sulfonamides is 1. The molecule has 0 radical (unpaired) electrons. The Morgan fingerprint density at radius 1 is 1.00 bits per heavy atom. The van der Waals surface area contributed by atoms with Crippen LogP contribution < -0.4 is 4.74 Å². The molecule has 0 spiro atoms. The molecular formula is C22H25N3O4S. The Morgan fingerprint density at radius 3 is 2.40 bits per heavy atom. The lowest BCUT2D eigenvalue weighted by Gasteiger charge is -2.34. The number of methoxy groups -OCH3 is 1. The summed E-state index contributed by atoms with van der Waals surface area (Å²) < 4.78 is 32.8. The maximum absolute atomic E-state index is 13.0. The smallest absolute Gasteiger partial charge is 0.270 e. The molecule has 1 fully saturated rings. The van der Waals surface area contributed by atoms with E-state index in [1.807, 2.05) is 50.2 Å². The number of aromatic amines is 1. The minimum atomic E-state index is -3.58. The molecule has 2 aromatic carbocycles. The quantitative estimate of drug-likeness (QED) is 0.694. The first kappa shape index (κ1) is 20.4. The molecule has 8 heteroatoms. The van der Waals surface area contributed by atoms with Gasteiger partial charge in [-0.15, -0.1) is 0 Å². The van der Waals surface area contributed by atoms with Crippen LogP contribution in [0.4, 0.5) is 0 Å². The molecule has 1 amide bonds. The average molecular weight is 428 g/mol. The first-order chi connectivity index (χ1) is 14.3. The summed E-state index contributed by atoms with van der Waals surface area (Å²) in [5, 5.41) is 0.926. The van der Waals surface area contributed by atoms with Gasteiger partial charge in [0, 0.05) is 43.1 Å². The van der Waals surface area contributed by atoms with E-state index in [2.05, 4.69) is 4.98 Å². The fraction of sp³-hybridized carbons (Fsp3) is 0.318. The van der Waals surface area contributed by atoms with Crippen LogP contribution in [0.3, 0.4) is 0 Å². The molecule has 0 aliphatic carbocycles. The van der Waals surface area contributed by atoms with E-state index >= 15 is 0 Å². The molecule has 158 valence electrons. The number of hydrogen-bond acceptors (Lipinski definition) is 4. The lowest BCUT2D eigenvalue weighted by molar-refractivity contribution is 0.0693. The van der Waals surface area contributed by atoms with Crippen molar-refractivity contribution < 1.29 is 17.9 Å². The third-order valence-electron chi connectivity index (χ3n) is 5.53. The molecule has 1 aromatic heterocycles. The van der Waals surface area contributed by atoms with Gasteiger partial charge in [0.15, 0.2) is 0 Å². The highest BCUT2D eigenvalue weighted by atomic mass is 32.2. The third-order valence-corrected chi connectivity index (χ3v) is 7.59. The van der Waals surface area contributed by atoms with E-state index in [-0.39, 0.29) is 19.0 Å². The Kier molecular flexibility index (Phi) is 5.29. The summed E-state index contributed by atoms with van der Waals surface area (Å²) in [7, 11) is -1.98. The van der Waals surface area contributed by atoms with Crippen LogP contribution in [0.1, 0.15) is 21.6 Å². The van der Waals surface area contributed by atoms with Gasteiger partial charge in [-0.1, -0.05) is 17.7 Å². The first-order valence-corrected chi connectivity index (χ1v) is 11.3. The van der Waals surface area contributed by atoms with Crippen LogP contribution in [0, 0.1) is 13.8 Å².